The van der Waals surface area contributed by atoms with Crippen LogP contribution in [-0.2, 0) is 12.0 Å². The van der Waals surface area contributed by atoms with Gasteiger partial charge in [-0.3, -0.25) is 9.78 Å². The van der Waals surface area contributed by atoms with E-state index in [2.05, 4.69) is 58.4 Å². The van der Waals surface area contributed by atoms with Crippen LogP contribution in [0.1, 0.15) is 48.7 Å². The number of carbonyl (C=O) groups is 1. The maximum absolute atomic E-state index is 13.1. The van der Waals surface area contributed by atoms with Gasteiger partial charge in [0, 0.05) is 49.6 Å². The summed E-state index contributed by atoms with van der Waals surface area (Å²) in [6, 6.07) is 13.7. The van der Waals surface area contributed by atoms with Gasteiger partial charge in [-0.15, -0.1) is 0 Å². The number of nitrogens with zero attached hydrogens (tertiary/aromatic N) is 3. The first-order valence-corrected chi connectivity index (χ1v) is 10.8. The first-order chi connectivity index (χ1) is 15.0. The zero-order chi connectivity index (χ0) is 21.8. The second-order valence-electron chi connectivity index (χ2n) is 8.51. The van der Waals surface area contributed by atoms with Gasteiger partial charge in [-0.05, 0) is 66.3 Å². The molecule has 0 aliphatic carbocycles. The molecule has 3 aromatic rings. The predicted molar refractivity (Wildman–Crippen MR) is 126 cm³/mol. The number of hydrogen-bond acceptors (Lipinski definition) is 5. The number of benzene rings is 1. The highest BCUT2D eigenvalue weighted by Crippen LogP contribution is 2.40. The lowest BCUT2D eigenvalue weighted by molar-refractivity contribution is 0.102. The monoisotopic (exact) mass is 415 g/mol. The highest BCUT2D eigenvalue weighted by atomic mass is 16.1. The van der Waals surface area contributed by atoms with Crippen LogP contribution >= 0.6 is 0 Å². The zero-order valence-corrected chi connectivity index (χ0v) is 18.4. The molecule has 3 heterocycles. The lowest BCUT2D eigenvalue weighted by Crippen LogP contribution is -2.37. The largest absolute Gasteiger partial charge is 0.371 e. The lowest BCUT2D eigenvalue weighted by Gasteiger charge is -2.40. The number of rotatable bonds is 6. The van der Waals surface area contributed by atoms with Crippen LogP contribution in [-0.4, -0.2) is 29.0 Å². The van der Waals surface area contributed by atoms with Gasteiger partial charge in [0.25, 0.3) is 5.91 Å². The van der Waals surface area contributed by atoms with Crippen molar-refractivity contribution in [2.75, 3.05) is 28.6 Å². The molecule has 4 rings (SSSR count). The van der Waals surface area contributed by atoms with Crippen molar-refractivity contribution in [3.63, 3.8) is 0 Å². The van der Waals surface area contributed by atoms with Crippen molar-refractivity contribution in [3.8, 4) is 0 Å². The zero-order valence-electron chi connectivity index (χ0n) is 18.4. The Kier molecular flexibility index (Phi) is 5.89. The number of amides is 1. The van der Waals surface area contributed by atoms with Crippen LogP contribution in [0.25, 0.3) is 0 Å². The summed E-state index contributed by atoms with van der Waals surface area (Å²) in [6.07, 6.45) is 6.31. The summed E-state index contributed by atoms with van der Waals surface area (Å²) in [4.78, 5) is 23.9. The first kappa shape index (κ1) is 20.8. The van der Waals surface area contributed by atoms with Gasteiger partial charge in [0.1, 0.15) is 5.82 Å². The fraction of sp³-hybridized carbons (Fsp3) is 0.320. The number of fused-ring (bicyclic) bond motifs is 1. The van der Waals surface area contributed by atoms with E-state index in [0.717, 1.165) is 30.8 Å². The summed E-state index contributed by atoms with van der Waals surface area (Å²) in [6.45, 7) is 9.29. The number of pyridine rings is 2. The minimum atomic E-state index is -0.177. The van der Waals surface area contributed by atoms with E-state index in [1.165, 1.54) is 11.3 Å². The molecule has 0 radical (unpaired) electrons. The Morgan fingerprint density at radius 1 is 1.13 bits per heavy atom. The van der Waals surface area contributed by atoms with Crippen LogP contribution in [0.4, 0.5) is 17.2 Å². The summed E-state index contributed by atoms with van der Waals surface area (Å²) in [5.41, 5.74) is 5.06. The van der Waals surface area contributed by atoms with Gasteiger partial charge in [-0.25, -0.2) is 4.98 Å². The molecule has 1 aliphatic heterocycles. The topological polar surface area (TPSA) is 70.2 Å². The van der Waals surface area contributed by atoms with Gasteiger partial charge in [-0.1, -0.05) is 19.9 Å². The van der Waals surface area contributed by atoms with Gasteiger partial charge < -0.3 is 15.5 Å². The molecule has 1 aromatic carbocycles. The Morgan fingerprint density at radius 3 is 2.71 bits per heavy atom. The Labute approximate surface area is 183 Å². The van der Waals surface area contributed by atoms with E-state index in [9.17, 15) is 4.79 Å². The molecule has 0 saturated heterocycles. The minimum absolute atomic E-state index is 0.136. The lowest BCUT2D eigenvalue weighted by atomic mass is 9.77. The highest BCUT2D eigenvalue weighted by Gasteiger charge is 2.30. The SMILES string of the molecule is CCN1CCC(C)(C)c2ccc(NC(=O)c3cccnc3NCc3ccncc3)cc21. The average Bonchev–Trinajstić information content (AvgIpc) is 2.78. The Morgan fingerprint density at radius 2 is 1.94 bits per heavy atom. The second kappa shape index (κ2) is 8.76. The normalized spacial score (nSPS) is 14.6. The molecule has 31 heavy (non-hydrogen) atoms. The van der Waals surface area contributed by atoms with Crippen LogP contribution in [0.5, 0.6) is 0 Å². The molecule has 2 N–H and O–H groups in total. The fourth-order valence-corrected chi connectivity index (χ4v) is 4.06. The summed E-state index contributed by atoms with van der Waals surface area (Å²) in [7, 11) is 0. The molecule has 6 heteroatoms. The Bertz CT molecular complexity index is 1060. The molecule has 0 spiro atoms. The van der Waals surface area contributed by atoms with E-state index >= 15 is 0 Å². The van der Waals surface area contributed by atoms with Gasteiger partial charge in [0.2, 0.25) is 0 Å². The van der Waals surface area contributed by atoms with Crippen LogP contribution < -0.4 is 15.5 Å². The maximum Gasteiger partial charge on any atom is 0.259 e. The molecule has 160 valence electrons. The Balaban J connectivity index is 1.54. The second-order valence-corrected chi connectivity index (χ2v) is 8.51. The van der Waals surface area contributed by atoms with Crippen molar-refractivity contribution in [1.82, 2.24) is 9.97 Å². The van der Waals surface area contributed by atoms with E-state index in [0.29, 0.717) is 17.9 Å². The third kappa shape index (κ3) is 4.53. The number of nitrogens with one attached hydrogen (secondary N) is 2. The molecule has 1 aliphatic rings. The average molecular weight is 416 g/mol. The molecule has 6 nitrogen and oxygen atoms in total. The maximum atomic E-state index is 13.1. The number of anilines is 3. The number of carbonyl (C=O) groups excluding carboxylic acids is 1. The highest BCUT2D eigenvalue weighted by molar-refractivity contribution is 6.07. The smallest absolute Gasteiger partial charge is 0.259 e. The summed E-state index contributed by atoms with van der Waals surface area (Å²) in [5.74, 6) is 0.384. The van der Waals surface area contributed by atoms with E-state index in [4.69, 9.17) is 0 Å². The van der Waals surface area contributed by atoms with Crippen LogP contribution in [0.2, 0.25) is 0 Å². The van der Waals surface area contributed by atoms with Gasteiger partial charge in [-0.2, -0.15) is 0 Å². The van der Waals surface area contributed by atoms with Crippen LogP contribution in [0.15, 0.2) is 61.1 Å². The van der Waals surface area contributed by atoms with E-state index in [1.54, 1.807) is 30.7 Å². The minimum Gasteiger partial charge on any atom is -0.371 e. The number of hydrogen-bond donors (Lipinski definition) is 2. The molecule has 2 aromatic heterocycles. The third-order valence-electron chi connectivity index (χ3n) is 5.98. The summed E-state index contributed by atoms with van der Waals surface area (Å²) < 4.78 is 0. The number of aromatic nitrogens is 2. The summed E-state index contributed by atoms with van der Waals surface area (Å²) in [5, 5.41) is 6.33. The van der Waals surface area contributed by atoms with Gasteiger partial charge in [0.05, 0.1) is 5.56 Å². The van der Waals surface area contributed by atoms with Crippen molar-refractivity contribution in [1.29, 1.82) is 0 Å². The standard InChI is InChI=1S/C25H29N5O/c1-4-30-15-11-25(2,3)21-8-7-19(16-22(21)30)29-24(31)20-6-5-12-27-23(20)28-17-18-9-13-26-14-10-18/h5-10,12-14,16H,4,11,15,17H2,1-3H3,(H,27,28)(H,29,31). The van der Waals surface area contributed by atoms with Crippen molar-refractivity contribution >= 4 is 23.1 Å². The van der Waals surface area contributed by atoms with Crippen LogP contribution in [0.3, 0.4) is 0 Å². The molecule has 0 fully saturated rings. The predicted octanol–water partition coefficient (Wildman–Crippen LogP) is 4.85. The molecule has 0 bridgehead atoms. The Hall–Kier alpha value is -3.41. The van der Waals surface area contributed by atoms with E-state index in [-0.39, 0.29) is 11.3 Å². The molecule has 0 atom stereocenters. The molecular formula is C25H29N5O. The van der Waals surface area contributed by atoms with Crippen molar-refractivity contribution in [2.24, 2.45) is 0 Å². The first-order valence-electron chi connectivity index (χ1n) is 10.8. The van der Waals surface area contributed by atoms with Gasteiger partial charge in [0.15, 0.2) is 0 Å². The molecule has 1 amide bonds. The molecular weight excluding hydrogens is 386 g/mol. The van der Waals surface area contributed by atoms with E-state index < -0.39 is 0 Å². The van der Waals surface area contributed by atoms with Crippen molar-refractivity contribution < 1.29 is 4.79 Å². The van der Waals surface area contributed by atoms with Gasteiger partial charge >= 0.3 is 0 Å². The van der Waals surface area contributed by atoms with E-state index in [1.807, 2.05) is 18.2 Å². The van der Waals surface area contributed by atoms with Crippen molar-refractivity contribution in [3.05, 3.63) is 77.7 Å². The third-order valence-corrected chi connectivity index (χ3v) is 5.98. The molecule has 0 unspecified atom stereocenters. The van der Waals surface area contributed by atoms with Crippen molar-refractivity contribution in [2.45, 2.75) is 39.2 Å². The molecule has 0 saturated carbocycles. The fourth-order valence-electron chi connectivity index (χ4n) is 4.06. The van der Waals surface area contributed by atoms with Crippen LogP contribution in [0, 0.1) is 0 Å². The summed E-state index contributed by atoms with van der Waals surface area (Å²) >= 11 is 0. The quantitative estimate of drug-likeness (QED) is 0.602.